The van der Waals surface area contributed by atoms with Crippen LogP contribution in [0.5, 0.6) is 0 Å². The van der Waals surface area contributed by atoms with E-state index in [9.17, 15) is 8.42 Å². The fourth-order valence-corrected chi connectivity index (χ4v) is 1.91. The van der Waals surface area contributed by atoms with Crippen LogP contribution in [-0.2, 0) is 10.0 Å². The van der Waals surface area contributed by atoms with Gasteiger partial charge < -0.3 is 10.2 Å². The molecule has 0 aromatic rings. The average molecular weight is 237 g/mol. The van der Waals surface area contributed by atoms with Gasteiger partial charge in [-0.1, -0.05) is 13.8 Å². The molecular formula is C9H23N3O2S. The van der Waals surface area contributed by atoms with Gasteiger partial charge in [-0.15, -0.1) is 0 Å². The SMILES string of the molecule is CC(C)NCCS(=O)(=O)NCCN(C)C. The second kappa shape index (κ2) is 7.16. The van der Waals surface area contributed by atoms with Crippen LogP contribution in [0.15, 0.2) is 0 Å². The first-order valence-electron chi connectivity index (χ1n) is 5.19. The van der Waals surface area contributed by atoms with Gasteiger partial charge in [-0.05, 0) is 14.1 Å². The van der Waals surface area contributed by atoms with E-state index in [2.05, 4.69) is 10.0 Å². The van der Waals surface area contributed by atoms with Crippen molar-refractivity contribution in [1.29, 1.82) is 0 Å². The van der Waals surface area contributed by atoms with Crippen molar-refractivity contribution in [3.63, 3.8) is 0 Å². The molecule has 92 valence electrons. The van der Waals surface area contributed by atoms with Crippen molar-refractivity contribution in [1.82, 2.24) is 14.9 Å². The third-order valence-corrected chi connectivity index (χ3v) is 3.19. The van der Waals surface area contributed by atoms with Crippen LogP contribution in [0.1, 0.15) is 13.8 Å². The molecule has 0 bridgehead atoms. The van der Waals surface area contributed by atoms with Crippen molar-refractivity contribution in [2.75, 3.05) is 39.5 Å². The molecular weight excluding hydrogens is 214 g/mol. The molecule has 0 spiro atoms. The highest BCUT2D eigenvalue weighted by atomic mass is 32.2. The smallest absolute Gasteiger partial charge is 0.212 e. The Hall–Kier alpha value is -0.170. The summed E-state index contributed by atoms with van der Waals surface area (Å²) in [5.74, 6) is 0.138. The second-order valence-electron chi connectivity index (χ2n) is 4.13. The highest BCUT2D eigenvalue weighted by Gasteiger charge is 2.08. The summed E-state index contributed by atoms with van der Waals surface area (Å²) < 4.78 is 25.4. The number of nitrogens with zero attached hydrogens (tertiary/aromatic N) is 1. The first-order valence-corrected chi connectivity index (χ1v) is 6.84. The Kier molecular flexibility index (Phi) is 7.08. The molecule has 6 heteroatoms. The van der Waals surface area contributed by atoms with Gasteiger partial charge in [-0.25, -0.2) is 13.1 Å². The Morgan fingerprint density at radius 2 is 1.80 bits per heavy atom. The minimum Gasteiger partial charge on any atom is -0.313 e. The molecule has 0 fully saturated rings. The minimum absolute atomic E-state index is 0.138. The molecule has 5 nitrogen and oxygen atoms in total. The van der Waals surface area contributed by atoms with E-state index in [4.69, 9.17) is 0 Å². The molecule has 0 aromatic carbocycles. The van der Waals surface area contributed by atoms with Gasteiger partial charge in [0.25, 0.3) is 0 Å². The zero-order valence-electron chi connectivity index (χ0n) is 10.1. The van der Waals surface area contributed by atoms with Gasteiger partial charge in [0.2, 0.25) is 10.0 Å². The maximum atomic E-state index is 11.4. The number of hydrogen-bond donors (Lipinski definition) is 2. The maximum Gasteiger partial charge on any atom is 0.212 e. The molecule has 0 aliphatic carbocycles. The summed E-state index contributed by atoms with van der Waals surface area (Å²) >= 11 is 0. The maximum absolute atomic E-state index is 11.4. The van der Waals surface area contributed by atoms with Crippen LogP contribution in [0.4, 0.5) is 0 Å². The normalized spacial score (nSPS) is 12.7. The molecule has 2 N–H and O–H groups in total. The van der Waals surface area contributed by atoms with E-state index in [1.807, 2.05) is 32.8 Å². The van der Waals surface area contributed by atoms with Crippen molar-refractivity contribution in [2.45, 2.75) is 19.9 Å². The van der Waals surface area contributed by atoms with Gasteiger partial charge in [0.1, 0.15) is 0 Å². The van der Waals surface area contributed by atoms with Gasteiger partial charge in [-0.3, -0.25) is 0 Å². The van der Waals surface area contributed by atoms with Crippen molar-refractivity contribution in [3.8, 4) is 0 Å². The van der Waals surface area contributed by atoms with E-state index < -0.39 is 10.0 Å². The van der Waals surface area contributed by atoms with Crippen molar-refractivity contribution < 1.29 is 8.42 Å². The van der Waals surface area contributed by atoms with Crippen LogP contribution >= 0.6 is 0 Å². The quantitative estimate of drug-likeness (QED) is 0.595. The highest BCUT2D eigenvalue weighted by molar-refractivity contribution is 7.89. The van der Waals surface area contributed by atoms with E-state index in [-0.39, 0.29) is 5.75 Å². The molecule has 0 aliphatic heterocycles. The summed E-state index contributed by atoms with van der Waals surface area (Å²) in [5.41, 5.74) is 0. The molecule has 0 aromatic heterocycles. The Morgan fingerprint density at radius 3 is 2.27 bits per heavy atom. The predicted octanol–water partition coefficient (Wildman–Crippen LogP) is -0.535. The van der Waals surface area contributed by atoms with E-state index in [0.717, 1.165) is 6.54 Å². The van der Waals surface area contributed by atoms with Crippen molar-refractivity contribution in [3.05, 3.63) is 0 Å². The van der Waals surface area contributed by atoms with Crippen LogP contribution in [0, 0.1) is 0 Å². The number of rotatable bonds is 8. The third kappa shape index (κ3) is 10.1. The third-order valence-electron chi connectivity index (χ3n) is 1.80. The summed E-state index contributed by atoms with van der Waals surface area (Å²) in [6.45, 7) is 5.67. The molecule has 0 aliphatic rings. The fourth-order valence-electron chi connectivity index (χ4n) is 0.979. The Bertz CT molecular complexity index is 230. The lowest BCUT2D eigenvalue weighted by atomic mass is 10.4. The Morgan fingerprint density at radius 1 is 1.20 bits per heavy atom. The minimum atomic E-state index is -3.11. The van der Waals surface area contributed by atoms with Gasteiger partial charge in [-0.2, -0.15) is 0 Å². The van der Waals surface area contributed by atoms with Crippen molar-refractivity contribution in [2.24, 2.45) is 0 Å². The number of hydrogen-bond acceptors (Lipinski definition) is 4. The average Bonchev–Trinajstić information content (AvgIpc) is 2.01. The van der Waals surface area contributed by atoms with E-state index in [1.54, 1.807) is 0 Å². The predicted molar refractivity (Wildman–Crippen MR) is 63.5 cm³/mol. The highest BCUT2D eigenvalue weighted by Crippen LogP contribution is 1.84. The molecule has 0 unspecified atom stereocenters. The lowest BCUT2D eigenvalue weighted by Crippen LogP contribution is -2.37. The standard InChI is InChI=1S/C9H23N3O2S/c1-9(2)10-6-8-15(13,14)11-5-7-12(3)4/h9-11H,5-8H2,1-4H3. The van der Waals surface area contributed by atoms with Crippen LogP contribution in [0.25, 0.3) is 0 Å². The van der Waals surface area contributed by atoms with Crippen LogP contribution in [-0.4, -0.2) is 58.8 Å². The number of likely N-dealkylation sites (N-methyl/N-ethyl adjacent to an activating group) is 1. The molecule has 0 saturated carbocycles. The topological polar surface area (TPSA) is 61.4 Å². The molecule has 0 saturated heterocycles. The van der Waals surface area contributed by atoms with Crippen molar-refractivity contribution >= 4 is 10.0 Å². The lowest BCUT2D eigenvalue weighted by Gasteiger charge is -2.12. The first-order chi connectivity index (χ1) is 6.83. The van der Waals surface area contributed by atoms with E-state index >= 15 is 0 Å². The zero-order chi connectivity index (χ0) is 11.9. The first kappa shape index (κ1) is 14.8. The summed E-state index contributed by atoms with van der Waals surface area (Å²) in [5, 5.41) is 3.07. The monoisotopic (exact) mass is 237 g/mol. The number of nitrogens with one attached hydrogen (secondary N) is 2. The van der Waals surface area contributed by atoms with Gasteiger partial charge in [0.05, 0.1) is 5.75 Å². The van der Waals surface area contributed by atoms with Crippen LogP contribution in [0.3, 0.4) is 0 Å². The molecule has 0 atom stereocenters. The van der Waals surface area contributed by atoms with Crippen LogP contribution < -0.4 is 10.0 Å². The summed E-state index contributed by atoms with van der Waals surface area (Å²) in [6.07, 6.45) is 0. The molecule has 15 heavy (non-hydrogen) atoms. The molecule has 0 heterocycles. The van der Waals surface area contributed by atoms with E-state index in [0.29, 0.717) is 19.1 Å². The zero-order valence-corrected chi connectivity index (χ0v) is 10.9. The van der Waals surface area contributed by atoms with Crippen LogP contribution in [0.2, 0.25) is 0 Å². The summed E-state index contributed by atoms with van der Waals surface area (Å²) in [4.78, 5) is 1.94. The molecule has 0 radical (unpaired) electrons. The summed E-state index contributed by atoms with van der Waals surface area (Å²) in [6, 6.07) is 0.321. The summed E-state index contributed by atoms with van der Waals surface area (Å²) in [7, 11) is 0.711. The Balaban J connectivity index is 3.68. The number of sulfonamides is 1. The largest absolute Gasteiger partial charge is 0.313 e. The second-order valence-corrected chi connectivity index (χ2v) is 6.05. The van der Waals surface area contributed by atoms with Gasteiger partial charge in [0.15, 0.2) is 0 Å². The molecule has 0 amide bonds. The van der Waals surface area contributed by atoms with E-state index in [1.165, 1.54) is 0 Å². The Labute approximate surface area is 93.3 Å². The lowest BCUT2D eigenvalue weighted by molar-refractivity contribution is 0.412. The van der Waals surface area contributed by atoms with Gasteiger partial charge in [0, 0.05) is 25.7 Å². The fraction of sp³-hybridized carbons (Fsp3) is 1.00. The molecule has 0 rings (SSSR count). The van der Waals surface area contributed by atoms with Gasteiger partial charge >= 0.3 is 0 Å².